The van der Waals surface area contributed by atoms with Crippen molar-refractivity contribution < 1.29 is 69.3 Å². The van der Waals surface area contributed by atoms with E-state index in [1.54, 1.807) is 0 Å². The first kappa shape index (κ1) is 30.0. The molecule has 1 aromatic heterocycles. The van der Waals surface area contributed by atoms with Crippen molar-refractivity contribution in [1.29, 1.82) is 0 Å². The maximum atomic E-state index is 13.7. The second-order valence-corrected chi connectivity index (χ2v) is 10.1. The molecule has 2 aliphatic rings. The van der Waals surface area contributed by atoms with Gasteiger partial charge in [-0.1, -0.05) is 0 Å². The average molecular weight is 595 g/mol. The zero-order valence-electron chi connectivity index (χ0n) is 21.9. The first-order valence-corrected chi connectivity index (χ1v) is 12.9. The van der Waals surface area contributed by atoms with Crippen molar-refractivity contribution in [3.63, 3.8) is 0 Å². The van der Waals surface area contributed by atoms with E-state index in [1.165, 1.54) is 37.3 Å². The van der Waals surface area contributed by atoms with Crippen LogP contribution >= 0.6 is 0 Å². The number of fused-ring (bicyclic) bond motifs is 1. The highest BCUT2D eigenvalue weighted by Crippen LogP contribution is 2.38. The number of aliphatic hydroxyl groups excluding tert-OH is 7. The SMILES string of the molecule is C[C@H]1O[C@@H](Oc2cc(O)c3c(=O)c(O[C@@H]4O[C@H](CO)[C@@H](O)[C@H](O)[C@H]4O)c(-c4ccc(O)cc4)oc3c2)[C@H](O)[C@H](O)[C@H]1O. The number of ether oxygens (including phenoxy) is 4. The Morgan fingerprint density at radius 2 is 1.40 bits per heavy atom. The van der Waals surface area contributed by atoms with Crippen molar-refractivity contribution in [2.75, 3.05) is 6.61 Å². The molecule has 0 aliphatic carbocycles. The van der Waals surface area contributed by atoms with Gasteiger partial charge in [0, 0.05) is 17.7 Å². The van der Waals surface area contributed by atoms with Crippen molar-refractivity contribution in [2.24, 2.45) is 0 Å². The van der Waals surface area contributed by atoms with E-state index in [4.69, 9.17) is 23.4 Å². The second kappa shape index (κ2) is 11.6. The Hall–Kier alpha value is -3.51. The maximum absolute atomic E-state index is 13.7. The van der Waals surface area contributed by atoms with Gasteiger partial charge in [-0.25, -0.2) is 0 Å². The summed E-state index contributed by atoms with van der Waals surface area (Å²) in [5.41, 5.74) is -1.01. The molecule has 10 atom stereocenters. The molecule has 0 unspecified atom stereocenters. The second-order valence-electron chi connectivity index (χ2n) is 10.1. The molecule has 2 fully saturated rings. The van der Waals surface area contributed by atoms with Crippen LogP contribution in [-0.2, 0) is 9.47 Å². The van der Waals surface area contributed by atoms with E-state index in [9.17, 15) is 50.8 Å². The quantitative estimate of drug-likeness (QED) is 0.154. The lowest BCUT2D eigenvalue weighted by molar-refractivity contribution is -0.277. The Morgan fingerprint density at radius 1 is 0.786 bits per heavy atom. The van der Waals surface area contributed by atoms with E-state index in [1.807, 2.05) is 0 Å². The summed E-state index contributed by atoms with van der Waals surface area (Å²) in [6, 6.07) is 7.53. The zero-order valence-corrected chi connectivity index (χ0v) is 21.9. The van der Waals surface area contributed by atoms with E-state index in [0.717, 1.165) is 6.07 Å². The third kappa shape index (κ3) is 5.37. The fraction of sp³-hybridized carbons (Fsp3) is 0.444. The number of hydrogen-bond donors (Lipinski definition) is 9. The van der Waals surface area contributed by atoms with E-state index >= 15 is 0 Å². The average Bonchev–Trinajstić information content (AvgIpc) is 2.96. The van der Waals surface area contributed by atoms with Crippen molar-refractivity contribution in [1.82, 2.24) is 0 Å². The Balaban J connectivity index is 1.58. The normalized spacial score (nSPS) is 33.4. The van der Waals surface area contributed by atoms with Crippen LogP contribution in [0.15, 0.2) is 45.6 Å². The lowest BCUT2D eigenvalue weighted by Crippen LogP contribution is -2.60. The molecular weight excluding hydrogens is 564 g/mol. The molecule has 0 amide bonds. The van der Waals surface area contributed by atoms with Crippen LogP contribution in [0.3, 0.4) is 0 Å². The van der Waals surface area contributed by atoms with Gasteiger partial charge in [0.15, 0.2) is 5.76 Å². The summed E-state index contributed by atoms with van der Waals surface area (Å²) < 4.78 is 28.0. The smallest absolute Gasteiger partial charge is 0.239 e. The van der Waals surface area contributed by atoms with E-state index in [0.29, 0.717) is 0 Å². The molecule has 3 heterocycles. The summed E-state index contributed by atoms with van der Waals surface area (Å²) in [6.45, 7) is 0.702. The minimum absolute atomic E-state index is 0.112. The lowest BCUT2D eigenvalue weighted by Gasteiger charge is -2.39. The predicted molar refractivity (Wildman–Crippen MR) is 139 cm³/mol. The zero-order chi connectivity index (χ0) is 30.5. The number of benzene rings is 2. The molecule has 3 aromatic rings. The fourth-order valence-corrected chi connectivity index (χ4v) is 4.76. The largest absolute Gasteiger partial charge is 0.508 e. The van der Waals surface area contributed by atoms with Gasteiger partial charge in [-0.15, -0.1) is 0 Å². The van der Waals surface area contributed by atoms with Crippen LogP contribution in [0, 0.1) is 0 Å². The summed E-state index contributed by atoms with van der Waals surface area (Å²) >= 11 is 0. The number of aromatic hydroxyl groups is 2. The molecule has 2 aromatic carbocycles. The standard InChI is InChI=1S/C27H30O15/c1-9-17(31)20(34)22(36)26(38-9)39-12-6-13(30)16-14(7-12)40-24(10-2-4-11(29)5-3-10)25(19(16)33)42-27-23(37)21(35)18(32)15(8-28)41-27/h2-7,9,15,17-18,20-23,26-32,34-37H,8H2,1H3/t9-,15-,17+,18-,20-,21+,22-,23-,26+,27+/m1/s1. The van der Waals surface area contributed by atoms with E-state index in [2.05, 4.69) is 0 Å². The van der Waals surface area contributed by atoms with Gasteiger partial charge >= 0.3 is 0 Å². The fourth-order valence-electron chi connectivity index (χ4n) is 4.76. The molecule has 5 rings (SSSR count). The molecular formula is C27H30O15. The van der Waals surface area contributed by atoms with Gasteiger partial charge in [0.2, 0.25) is 23.8 Å². The summed E-state index contributed by atoms with van der Waals surface area (Å²) in [5.74, 6) is -1.77. The number of hydrogen-bond acceptors (Lipinski definition) is 15. The third-order valence-corrected chi connectivity index (χ3v) is 7.18. The minimum atomic E-state index is -1.87. The van der Waals surface area contributed by atoms with Gasteiger partial charge in [-0.2, -0.15) is 0 Å². The molecule has 15 heteroatoms. The third-order valence-electron chi connectivity index (χ3n) is 7.18. The van der Waals surface area contributed by atoms with Crippen molar-refractivity contribution in [3.05, 3.63) is 46.6 Å². The Morgan fingerprint density at radius 3 is 2.05 bits per heavy atom. The van der Waals surface area contributed by atoms with Gasteiger partial charge < -0.3 is 69.3 Å². The van der Waals surface area contributed by atoms with Crippen LogP contribution in [0.5, 0.6) is 23.0 Å². The van der Waals surface area contributed by atoms with Crippen LogP contribution in [0.1, 0.15) is 6.92 Å². The van der Waals surface area contributed by atoms with Crippen molar-refractivity contribution >= 4 is 11.0 Å². The highest BCUT2D eigenvalue weighted by Gasteiger charge is 2.46. The topological polar surface area (TPSA) is 249 Å². The van der Waals surface area contributed by atoms with Crippen LogP contribution in [0.4, 0.5) is 0 Å². The molecule has 42 heavy (non-hydrogen) atoms. The van der Waals surface area contributed by atoms with Crippen molar-refractivity contribution in [3.8, 4) is 34.3 Å². The molecule has 9 N–H and O–H groups in total. The number of rotatable bonds is 6. The molecule has 0 radical (unpaired) electrons. The minimum Gasteiger partial charge on any atom is -0.508 e. The van der Waals surface area contributed by atoms with Gasteiger partial charge in [0.05, 0.1) is 12.7 Å². The lowest BCUT2D eigenvalue weighted by atomic mass is 9.99. The van der Waals surface area contributed by atoms with Gasteiger partial charge in [-0.3, -0.25) is 4.79 Å². The first-order chi connectivity index (χ1) is 19.9. The van der Waals surface area contributed by atoms with Gasteiger partial charge in [0.1, 0.15) is 70.9 Å². The van der Waals surface area contributed by atoms with Crippen LogP contribution in [-0.4, -0.2) is 114 Å². The molecule has 0 saturated carbocycles. The molecule has 15 nitrogen and oxygen atoms in total. The molecule has 2 saturated heterocycles. The number of aliphatic hydroxyl groups is 7. The van der Waals surface area contributed by atoms with Crippen LogP contribution < -0.4 is 14.9 Å². The van der Waals surface area contributed by atoms with E-state index < -0.39 is 90.3 Å². The van der Waals surface area contributed by atoms with E-state index in [-0.39, 0.29) is 28.4 Å². The molecule has 0 bridgehead atoms. The molecule has 228 valence electrons. The highest BCUT2D eigenvalue weighted by molar-refractivity contribution is 5.88. The molecule has 0 spiro atoms. The van der Waals surface area contributed by atoms with Gasteiger partial charge in [0.25, 0.3) is 0 Å². The highest BCUT2D eigenvalue weighted by atomic mass is 16.7. The van der Waals surface area contributed by atoms with Gasteiger partial charge in [-0.05, 0) is 31.2 Å². The summed E-state index contributed by atoms with van der Waals surface area (Å²) in [7, 11) is 0. The Bertz CT molecular complexity index is 1470. The van der Waals surface area contributed by atoms with Crippen LogP contribution in [0.2, 0.25) is 0 Å². The Kier molecular flexibility index (Phi) is 8.30. The Labute approximate surface area is 236 Å². The van der Waals surface area contributed by atoms with Crippen molar-refractivity contribution in [2.45, 2.75) is 68.3 Å². The van der Waals surface area contributed by atoms with Crippen LogP contribution in [0.25, 0.3) is 22.3 Å². The molecule has 2 aliphatic heterocycles. The maximum Gasteiger partial charge on any atom is 0.239 e. The summed E-state index contributed by atoms with van der Waals surface area (Å²) in [6.07, 6.45) is -15.5. The predicted octanol–water partition coefficient (Wildman–Crippen LogP) is -1.74. The number of phenols is 2. The summed E-state index contributed by atoms with van der Waals surface area (Å²) in [4.78, 5) is 13.7. The number of phenolic OH excluding ortho intramolecular Hbond substituents is 2. The summed E-state index contributed by atoms with van der Waals surface area (Å²) in [5, 5.41) is 90.7. The monoisotopic (exact) mass is 594 g/mol. The first-order valence-electron chi connectivity index (χ1n) is 12.9.